The molecule has 0 bridgehead atoms. The quantitative estimate of drug-likeness (QED) is 0.814. The van der Waals surface area contributed by atoms with Gasteiger partial charge in [-0.2, -0.15) is 0 Å². The van der Waals surface area contributed by atoms with E-state index < -0.39 is 0 Å². The SMILES string of the molecule is Cc1cc(Nc2ccc(Br)cc2F)ccc1N. The lowest BCUT2D eigenvalue weighted by atomic mass is 10.2. The molecule has 0 unspecified atom stereocenters. The number of halogens is 2. The van der Waals surface area contributed by atoms with E-state index in [2.05, 4.69) is 21.2 Å². The van der Waals surface area contributed by atoms with Gasteiger partial charge in [-0.25, -0.2) is 4.39 Å². The summed E-state index contributed by atoms with van der Waals surface area (Å²) >= 11 is 3.22. The van der Waals surface area contributed by atoms with Gasteiger partial charge in [-0.3, -0.25) is 0 Å². The molecule has 88 valence electrons. The Labute approximate surface area is 108 Å². The monoisotopic (exact) mass is 294 g/mol. The third kappa shape index (κ3) is 2.77. The van der Waals surface area contributed by atoms with E-state index in [1.807, 2.05) is 19.1 Å². The molecule has 0 atom stereocenters. The van der Waals surface area contributed by atoms with Crippen LogP contribution in [0.3, 0.4) is 0 Å². The highest BCUT2D eigenvalue weighted by molar-refractivity contribution is 9.10. The Morgan fingerprint density at radius 3 is 2.59 bits per heavy atom. The zero-order valence-electron chi connectivity index (χ0n) is 9.30. The van der Waals surface area contributed by atoms with Gasteiger partial charge < -0.3 is 11.1 Å². The zero-order chi connectivity index (χ0) is 12.4. The molecule has 0 aliphatic carbocycles. The van der Waals surface area contributed by atoms with Crippen LogP contribution in [0.2, 0.25) is 0 Å². The zero-order valence-corrected chi connectivity index (χ0v) is 10.9. The molecule has 4 heteroatoms. The summed E-state index contributed by atoms with van der Waals surface area (Å²) < 4.78 is 14.3. The van der Waals surface area contributed by atoms with E-state index in [1.165, 1.54) is 6.07 Å². The van der Waals surface area contributed by atoms with Crippen molar-refractivity contribution in [2.45, 2.75) is 6.92 Å². The summed E-state index contributed by atoms with van der Waals surface area (Å²) in [7, 11) is 0. The molecule has 2 rings (SSSR count). The fourth-order valence-corrected chi connectivity index (χ4v) is 1.83. The van der Waals surface area contributed by atoms with Crippen LogP contribution in [0.1, 0.15) is 5.56 Å². The summed E-state index contributed by atoms with van der Waals surface area (Å²) in [4.78, 5) is 0. The van der Waals surface area contributed by atoms with Crippen molar-refractivity contribution in [3.8, 4) is 0 Å². The summed E-state index contributed by atoms with van der Waals surface area (Å²) in [5.74, 6) is -0.297. The molecule has 17 heavy (non-hydrogen) atoms. The van der Waals surface area contributed by atoms with Crippen LogP contribution < -0.4 is 11.1 Å². The number of rotatable bonds is 2. The summed E-state index contributed by atoms with van der Waals surface area (Å²) in [6.07, 6.45) is 0. The highest BCUT2D eigenvalue weighted by Crippen LogP contribution is 2.24. The third-order valence-electron chi connectivity index (χ3n) is 2.48. The van der Waals surface area contributed by atoms with Crippen LogP contribution in [0.5, 0.6) is 0 Å². The Bertz CT molecular complexity index is 555. The lowest BCUT2D eigenvalue weighted by Crippen LogP contribution is -1.96. The normalized spacial score (nSPS) is 10.3. The van der Waals surface area contributed by atoms with Crippen molar-refractivity contribution >= 4 is 33.0 Å². The van der Waals surface area contributed by atoms with Crippen molar-refractivity contribution in [1.29, 1.82) is 0 Å². The van der Waals surface area contributed by atoms with Crippen LogP contribution in [0.15, 0.2) is 40.9 Å². The van der Waals surface area contributed by atoms with Gasteiger partial charge in [-0.05, 0) is 48.9 Å². The molecule has 0 fully saturated rings. The van der Waals surface area contributed by atoms with E-state index >= 15 is 0 Å². The Morgan fingerprint density at radius 1 is 1.18 bits per heavy atom. The van der Waals surface area contributed by atoms with E-state index in [4.69, 9.17) is 5.73 Å². The van der Waals surface area contributed by atoms with Gasteiger partial charge in [0.1, 0.15) is 5.82 Å². The third-order valence-corrected chi connectivity index (χ3v) is 2.97. The minimum Gasteiger partial charge on any atom is -0.399 e. The molecule has 0 aromatic heterocycles. The number of benzene rings is 2. The van der Waals surface area contributed by atoms with E-state index in [0.717, 1.165) is 16.9 Å². The van der Waals surface area contributed by atoms with Gasteiger partial charge >= 0.3 is 0 Å². The van der Waals surface area contributed by atoms with Crippen molar-refractivity contribution in [1.82, 2.24) is 0 Å². The molecule has 3 N–H and O–H groups in total. The maximum Gasteiger partial charge on any atom is 0.147 e. The number of aryl methyl sites for hydroxylation is 1. The van der Waals surface area contributed by atoms with Gasteiger partial charge in [0.2, 0.25) is 0 Å². The fraction of sp³-hybridized carbons (Fsp3) is 0.0769. The number of hydrogen-bond donors (Lipinski definition) is 2. The first-order valence-electron chi connectivity index (χ1n) is 5.14. The van der Waals surface area contributed by atoms with Gasteiger partial charge in [-0.15, -0.1) is 0 Å². The average Bonchev–Trinajstić information content (AvgIpc) is 2.27. The van der Waals surface area contributed by atoms with Crippen molar-refractivity contribution < 1.29 is 4.39 Å². The molecule has 0 aliphatic rings. The lowest BCUT2D eigenvalue weighted by Gasteiger charge is -2.09. The fourth-order valence-electron chi connectivity index (χ4n) is 1.50. The molecule has 2 nitrogen and oxygen atoms in total. The first-order chi connectivity index (χ1) is 8.06. The van der Waals surface area contributed by atoms with Crippen LogP contribution >= 0.6 is 15.9 Å². The minimum absolute atomic E-state index is 0.297. The number of hydrogen-bond acceptors (Lipinski definition) is 2. The van der Waals surface area contributed by atoms with Crippen molar-refractivity contribution in [3.63, 3.8) is 0 Å². The standard InChI is InChI=1S/C13H12BrFN2/c1-8-6-10(3-4-12(8)16)17-13-5-2-9(14)7-11(13)15/h2-7,17H,16H2,1H3. The molecular formula is C13H12BrFN2. The highest BCUT2D eigenvalue weighted by atomic mass is 79.9. The summed E-state index contributed by atoms with van der Waals surface area (Å²) in [5, 5.41) is 3.02. The Hall–Kier alpha value is -1.55. The number of anilines is 3. The van der Waals surface area contributed by atoms with Gasteiger partial charge in [-0.1, -0.05) is 15.9 Å². The summed E-state index contributed by atoms with van der Waals surface area (Å²) in [6.45, 7) is 1.92. The molecule has 0 radical (unpaired) electrons. The summed E-state index contributed by atoms with van der Waals surface area (Å²) in [6, 6.07) is 10.4. The Morgan fingerprint density at radius 2 is 1.94 bits per heavy atom. The largest absolute Gasteiger partial charge is 0.399 e. The molecule has 0 spiro atoms. The maximum atomic E-state index is 13.6. The van der Waals surface area contributed by atoms with Crippen LogP contribution in [0.4, 0.5) is 21.5 Å². The van der Waals surface area contributed by atoms with Crippen LogP contribution in [0.25, 0.3) is 0 Å². The highest BCUT2D eigenvalue weighted by Gasteiger charge is 2.03. The van der Waals surface area contributed by atoms with Crippen LogP contribution in [-0.4, -0.2) is 0 Å². The molecule has 0 aliphatic heterocycles. The van der Waals surface area contributed by atoms with E-state index in [9.17, 15) is 4.39 Å². The molecule has 0 saturated carbocycles. The van der Waals surface area contributed by atoms with Gasteiger partial charge in [0, 0.05) is 15.8 Å². The average molecular weight is 295 g/mol. The first kappa shape index (κ1) is 11.9. The lowest BCUT2D eigenvalue weighted by molar-refractivity contribution is 0.631. The maximum absolute atomic E-state index is 13.6. The Balaban J connectivity index is 2.28. The van der Waals surface area contributed by atoms with Gasteiger partial charge in [0.05, 0.1) is 5.69 Å². The predicted octanol–water partition coefficient (Wildman–Crippen LogP) is 4.22. The second-order valence-electron chi connectivity index (χ2n) is 3.82. The van der Waals surface area contributed by atoms with E-state index in [0.29, 0.717) is 10.2 Å². The smallest absolute Gasteiger partial charge is 0.147 e. The second-order valence-corrected chi connectivity index (χ2v) is 4.74. The first-order valence-corrected chi connectivity index (χ1v) is 5.94. The molecule has 0 saturated heterocycles. The molecule has 2 aromatic rings. The Kier molecular flexibility index (Phi) is 3.33. The number of nitrogens with one attached hydrogen (secondary N) is 1. The van der Waals surface area contributed by atoms with E-state index in [-0.39, 0.29) is 5.82 Å². The molecule has 2 aromatic carbocycles. The molecule has 0 heterocycles. The second kappa shape index (κ2) is 4.75. The molecular weight excluding hydrogens is 283 g/mol. The van der Waals surface area contributed by atoms with Crippen LogP contribution in [0, 0.1) is 12.7 Å². The van der Waals surface area contributed by atoms with Crippen LogP contribution in [-0.2, 0) is 0 Å². The van der Waals surface area contributed by atoms with Gasteiger partial charge in [0.25, 0.3) is 0 Å². The topological polar surface area (TPSA) is 38.0 Å². The van der Waals surface area contributed by atoms with Crippen molar-refractivity contribution in [3.05, 3.63) is 52.3 Å². The van der Waals surface area contributed by atoms with Crippen molar-refractivity contribution in [2.24, 2.45) is 0 Å². The minimum atomic E-state index is -0.297. The summed E-state index contributed by atoms with van der Waals surface area (Å²) in [5.41, 5.74) is 8.68. The number of nitrogens with two attached hydrogens (primary N) is 1. The molecule has 0 amide bonds. The predicted molar refractivity (Wildman–Crippen MR) is 73.0 cm³/mol. The van der Waals surface area contributed by atoms with Crippen molar-refractivity contribution in [2.75, 3.05) is 11.1 Å². The number of nitrogen functional groups attached to an aromatic ring is 1. The van der Waals surface area contributed by atoms with Gasteiger partial charge in [0.15, 0.2) is 0 Å². The van der Waals surface area contributed by atoms with E-state index in [1.54, 1.807) is 18.2 Å².